The molecule has 0 aliphatic heterocycles. The van der Waals surface area contributed by atoms with Gasteiger partial charge in [0.25, 0.3) is 0 Å². The van der Waals surface area contributed by atoms with E-state index in [0.717, 1.165) is 22.4 Å². The molecule has 1 unspecified atom stereocenters. The van der Waals surface area contributed by atoms with E-state index in [4.69, 9.17) is 16.3 Å². The molecule has 0 aliphatic rings. The van der Waals surface area contributed by atoms with Gasteiger partial charge in [0, 0.05) is 5.56 Å². The van der Waals surface area contributed by atoms with E-state index in [2.05, 4.69) is 5.43 Å². The Morgan fingerprint density at radius 2 is 2.00 bits per heavy atom. The van der Waals surface area contributed by atoms with E-state index in [1.807, 2.05) is 26.0 Å². The molecule has 0 spiro atoms. The Kier molecular flexibility index (Phi) is 3.46. The fourth-order valence-corrected chi connectivity index (χ4v) is 1.59. The second-order valence-corrected chi connectivity index (χ2v) is 3.35. The van der Waals surface area contributed by atoms with Crippen LogP contribution in [0.15, 0.2) is 12.1 Å². The number of nitrogens with one attached hydrogen (secondary N) is 1. The summed E-state index contributed by atoms with van der Waals surface area (Å²) in [5.74, 6) is 6.09. The van der Waals surface area contributed by atoms with Crippen LogP contribution in [-0.2, 0) is 0 Å². The third-order valence-electron chi connectivity index (χ3n) is 2.17. The lowest BCUT2D eigenvalue weighted by Crippen LogP contribution is -2.34. The van der Waals surface area contributed by atoms with Crippen LogP contribution in [0.5, 0.6) is 5.75 Å². The van der Waals surface area contributed by atoms with E-state index in [1.165, 1.54) is 0 Å². The summed E-state index contributed by atoms with van der Waals surface area (Å²) in [6.45, 7) is 4.00. The molecule has 4 nitrogen and oxygen atoms in total. The number of ether oxygens (including phenoxy) is 1. The Labute approximate surface area is 84.2 Å². The van der Waals surface area contributed by atoms with Crippen molar-refractivity contribution in [3.63, 3.8) is 0 Å². The van der Waals surface area contributed by atoms with E-state index in [-0.39, 0.29) is 0 Å². The van der Waals surface area contributed by atoms with Gasteiger partial charge in [-0.3, -0.25) is 5.84 Å². The Balaban J connectivity index is 3.24. The smallest absolute Gasteiger partial charge is 0.127 e. The fraction of sp³-hybridized carbons (Fsp3) is 0.400. The highest BCUT2D eigenvalue weighted by atomic mass is 16.5. The molecular weight excluding hydrogens is 178 g/mol. The van der Waals surface area contributed by atoms with Gasteiger partial charge in [0.15, 0.2) is 0 Å². The van der Waals surface area contributed by atoms with Crippen LogP contribution < -0.4 is 21.7 Å². The maximum Gasteiger partial charge on any atom is 0.127 e. The van der Waals surface area contributed by atoms with E-state index >= 15 is 0 Å². The Hall–Kier alpha value is -1.10. The van der Waals surface area contributed by atoms with Gasteiger partial charge in [-0.2, -0.15) is 0 Å². The molecule has 1 rings (SSSR count). The highest BCUT2D eigenvalue weighted by Gasteiger charge is 2.12. The molecule has 0 aromatic heterocycles. The van der Waals surface area contributed by atoms with Crippen LogP contribution in [0.4, 0.5) is 0 Å². The molecule has 1 aromatic carbocycles. The quantitative estimate of drug-likeness (QED) is 0.378. The van der Waals surface area contributed by atoms with Crippen molar-refractivity contribution in [2.24, 2.45) is 11.6 Å². The molecule has 5 N–H and O–H groups in total. The number of aryl methyl sites for hydroxylation is 2. The maximum atomic E-state index is 5.79. The minimum atomic E-state index is -0.399. The van der Waals surface area contributed by atoms with Crippen LogP contribution in [-0.4, -0.2) is 7.11 Å². The summed E-state index contributed by atoms with van der Waals surface area (Å²) in [5, 5.41) is 0. The first kappa shape index (κ1) is 11.0. The zero-order chi connectivity index (χ0) is 10.7. The lowest BCUT2D eigenvalue weighted by atomic mass is 10.0. The van der Waals surface area contributed by atoms with Crippen molar-refractivity contribution in [2.45, 2.75) is 20.0 Å². The van der Waals surface area contributed by atoms with Gasteiger partial charge >= 0.3 is 0 Å². The summed E-state index contributed by atoms with van der Waals surface area (Å²) in [5.41, 5.74) is 11.4. The number of methoxy groups -OCH3 is 1. The van der Waals surface area contributed by atoms with Crippen molar-refractivity contribution in [2.75, 3.05) is 7.11 Å². The molecular formula is C10H17N3O. The van der Waals surface area contributed by atoms with Crippen LogP contribution >= 0.6 is 0 Å². The van der Waals surface area contributed by atoms with E-state index in [9.17, 15) is 0 Å². The van der Waals surface area contributed by atoms with Crippen molar-refractivity contribution in [3.05, 3.63) is 28.8 Å². The van der Waals surface area contributed by atoms with E-state index in [1.54, 1.807) is 7.11 Å². The predicted octanol–water partition coefficient (Wildman–Crippen LogP) is 0.733. The number of hydrogen-bond donors (Lipinski definition) is 3. The minimum absolute atomic E-state index is 0.399. The van der Waals surface area contributed by atoms with Gasteiger partial charge in [-0.25, -0.2) is 5.43 Å². The number of hydrogen-bond acceptors (Lipinski definition) is 4. The molecule has 14 heavy (non-hydrogen) atoms. The number of rotatable bonds is 3. The molecule has 0 heterocycles. The average Bonchev–Trinajstić information content (AvgIpc) is 2.15. The molecule has 0 saturated carbocycles. The van der Waals surface area contributed by atoms with Gasteiger partial charge < -0.3 is 10.5 Å². The standard InChI is InChI=1S/C10H17N3O/c1-6-4-7(2)9(14-3)8(5-6)10(11)13-12/h4-5,10,13H,11-12H2,1-3H3. The first-order chi connectivity index (χ1) is 6.60. The van der Waals surface area contributed by atoms with Crippen molar-refractivity contribution in [1.29, 1.82) is 0 Å². The van der Waals surface area contributed by atoms with Gasteiger partial charge in [0.1, 0.15) is 5.75 Å². The second-order valence-electron chi connectivity index (χ2n) is 3.35. The Morgan fingerprint density at radius 3 is 2.50 bits per heavy atom. The normalized spacial score (nSPS) is 12.6. The molecule has 0 radical (unpaired) electrons. The molecule has 1 atom stereocenters. The second kappa shape index (κ2) is 4.41. The van der Waals surface area contributed by atoms with Gasteiger partial charge in [-0.05, 0) is 25.5 Å². The van der Waals surface area contributed by atoms with Gasteiger partial charge in [0.05, 0.1) is 13.3 Å². The fourth-order valence-electron chi connectivity index (χ4n) is 1.59. The SMILES string of the molecule is COc1c(C)cc(C)cc1C(N)NN. The van der Waals surface area contributed by atoms with Crippen LogP contribution in [0, 0.1) is 13.8 Å². The van der Waals surface area contributed by atoms with Gasteiger partial charge in [-0.15, -0.1) is 0 Å². The molecule has 1 aromatic rings. The van der Waals surface area contributed by atoms with Crippen LogP contribution in [0.25, 0.3) is 0 Å². The highest BCUT2D eigenvalue weighted by Crippen LogP contribution is 2.27. The Bertz CT molecular complexity index is 325. The van der Waals surface area contributed by atoms with Crippen molar-refractivity contribution in [3.8, 4) is 5.75 Å². The van der Waals surface area contributed by atoms with Gasteiger partial charge in [0.2, 0.25) is 0 Å². The van der Waals surface area contributed by atoms with Crippen LogP contribution in [0.1, 0.15) is 22.9 Å². The third kappa shape index (κ3) is 2.04. The molecule has 0 saturated heterocycles. The van der Waals surface area contributed by atoms with E-state index < -0.39 is 6.17 Å². The number of nitrogens with two attached hydrogens (primary N) is 2. The zero-order valence-corrected chi connectivity index (χ0v) is 8.79. The zero-order valence-electron chi connectivity index (χ0n) is 8.79. The minimum Gasteiger partial charge on any atom is -0.496 e. The molecule has 4 heteroatoms. The third-order valence-corrected chi connectivity index (χ3v) is 2.17. The van der Waals surface area contributed by atoms with Crippen LogP contribution in [0.2, 0.25) is 0 Å². The molecule has 0 amide bonds. The summed E-state index contributed by atoms with van der Waals surface area (Å²) < 4.78 is 5.28. The highest BCUT2D eigenvalue weighted by molar-refractivity contribution is 5.45. The monoisotopic (exact) mass is 195 g/mol. The first-order valence-corrected chi connectivity index (χ1v) is 4.47. The average molecular weight is 195 g/mol. The molecule has 0 aliphatic carbocycles. The summed E-state index contributed by atoms with van der Waals surface area (Å²) in [4.78, 5) is 0. The summed E-state index contributed by atoms with van der Waals surface area (Å²) in [6, 6.07) is 4.02. The first-order valence-electron chi connectivity index (χ1n) is 4.47. The van der Waals surface area contributed by atoms with Gasteiger partial charge in [-0.1, -0.05) is 11.6 Å². The van der Waals surface area contributed by atoms with Crippen molar-refractivity contribution in [1.82, 2.24) is 5.43 Å². The summed E-state index contributed by atoms with van der Waals surface area (Å²) in [7, 11) is 1.63. The summed E-state index contributed by atoms with van der Waals surface area (Å²) in [6.07, 6.45) is -0.399. The molecule has 0 bridgehead atoms. The Morgan fingerprint density at radius 1 is 1.36 bits per heavy atom. The van der Waals surface area contributed by atoms with Crippen molar-refractivity contribution < 1.29 is 4.74 Å². The number of benzene rings is 1. The lowest BCUT2D eigenvalue weighted by molar-refractivity contribution is 0.397. The largest absolute Gasteiger partial charge is 0.496 e. The maximum absolute atomic E-state index is 5.79. The molecule has 78 valence electrons. The van der Waals surface area contributed by atoms with E-state index in [0.29, 0.717) is 0 Å². The van der Waals surface area contributed by atoms with Crippen molar-refractivity contribution >= 4 is 0 Å². The number of hydrazine groups is 1. The molecule has 0 fully saturated rings. The topological polar surface area (TPSA) is 73.3 Å². The predicted molar refractivity (Wildman–Crippen MR) is 56.7 cm³/mol. The summed E-state index contributed by atoms with van der Waals surface area (Å²) >= 11 is 0. The lowest BCUT2D eigenvalue weighted by Gasteiger charge is -2.17. The van der Waals surface area contributed by atoms with Crippen LogP contribution in [0.3, 0.4) is 0 Å².